The number of hydrogen-bond acceptors (Lipinski definition) is 3. The van der Waals surface area contributed by atoms with Crippen LogP contribution < -0.4 is 5.73 Å². The molecule has 0 saturated carbocycles. The van der Waals surface area contributed by atoms with Crippen molar-refractivity contribution < 1.29 is 5.21 Å². The Morgan fingerprint density at radius 3 is 2.82 bits per heavy atom. The van der Waals surface area contributed by atoms with Crippen LogP contribution >= 0.6 is 11.6 Å². The van der Waals surface area contributed by atoms with Crippen LogP contribution in [0.15, 0.2) is 23.4 Å². The van der Waals surface area contributed by atoms with Crippen molar-refractivity contribution in [3.63, 3.8) is 0 Å². The number of anilines is 1. The molecule has 1 rings (SSSR count). The Morgan fingerprint density at radius 1 is 1.55 bits per heavy atom. The fourth-order valence-corrected chi connectivity index (χ4v) is 0.827. The van der Waals surface area contributed by atoms with Gasteiger partial charge in [0.15, 0.2) is 0 Å². The summed E-state index contributed by atoms with van der Waals surface area (Å²) in [7, 11) is 0. The zero-order chi connectivity index (χ0) is 8.27. The normalized spacial score (nSPS) is 10.6. The minimum atomic E-state index is 0.476. The summed E-state index contributed by atoms with van der Waals surface area (Å²) < 4.78 is 0. The number of oxime groups is 1. The predicted molar refractivity (Wildman–Crippen MR) is 45.2 cm³/mol. The van der Waals surface area contributed by atoms with Crippen molar-refractivity contribution in [2.45, 2.75) is 0 Å². The molecule has 3 N–H and O–H groups in total. The van der Waals surface area contributed by atoms with Gasteiger partial charge in [-0.25, -0.2) is 0 Å². The van der Waals surface area contributed by atoms with Crippen molar-refractivity contribution >= 4 is 23.5 Å². The van der Waals surface area contributed by atoms with Crippen LogP contribution in [0.1, 0.15) is 5.56 Å². The molecule has 0 saturated heterocycles. The van der Waals surface area contributed by atoms with Gasteiger partial charge in [-0.2, -0.15) is 0 Å². The van der Waals surface area contributed by atoms with Gasteiger partial charge in [-0.15, -0.1) is 0 Å². The summed E-state index contributed by atoms with van der Waals surface area (Å²) in [5.74, 6) is 0. The largest absolute Gasteiger partial charge is 0.411 e. The third-order valence-electron chi connectivity index (χ3n) is 1.23. The van der Waals surface area contributed by atoms with Crippen molar-refractivity contribution in [1.29, 1.82) is 0 Å². The molecule has 0 aromatic heterocycles. The zero-order valence-electron chi connectivity index (χ0n) is 5.66. The van der Waals surface area contributed by atoms with E-state index in [1.165, 1.54) is 6.21 Å². The molecule has 0 amide bonds. The molecule has 0 radical (unpaired) electrons. The minimum absolute atomic E-state index is 0.476. The van der Waals surface area contributed by atoms with E-state index in [-0.39, 0.29) is 0 Å². The quantitative estimate of drug-likeness (QED) is 0.292. The summed E-state index contributed by atoms with van der Waals surface area (Å²) in [5, 5.41) is 11.5. The average molecular weight is 171 g/mol. The summed E-state index contributed by atoms with van der Waals surface area (Å²) in [5.41, 5.74) is 6.67. The lowest BCUT2D eigenvalue weighted by Crippen LogP contribution is -1.88. The van der Waals surface area contributed by atoms with Crippen LogP contribution in [0.25, 0.3) is 0 Å². The second-order valence-corrected chi connectivity index (χ2v) is 2.43. The summed E-state index contributed by atoms with van der Waals surface area (Å²) in [6, 6.07) is 4.98. The molecule has 1 aromatic rings. The van der Waals surface area contributed by atoms with E-state index < -0.39 is 0 Å². The summed E-state index contributed by atoms with van der Waals surface area (Å²) in [4.78, 5) is 0. The van der Waals surface area contributed by atoms with Gasteiger partial charge in [-0.05, 0) is 17.7 Å². The van der Waals surface area contributed by atoms with E-state index in [1.54, 1.807) is 18.2 Å². The van der Waals surface area contributed by atoms with Crippen LogP contribution in [-0.4, -0.2) is 11.4 Å². The molecule has 0 fully saturated rings. The lowest BCUT2D eigenvalue weighted by atomic mass is 10.2. The van der Waals surface area contributed by atoms with E-state index >= 15 is 0 Å². The van der Waals surface area contributed by atoms with E-state index in [0.29, 0.717) is 10.7 Å². The highest BCUT2D eigenvalue weighted by Gasteiger charge is 1.94. The molecule has 0 atom stereocenters. The van der Waals surface area contributed by atoms with Gasteiger partial charge >= 0.3 is 0 Å². The second-order valence-electron chi connectivity index (χ2n) is 2.03. The Balaban J connectivity index is 3.05. The summed E-state index contributed by atoms with van der Waals surface area (Å²) in [6.45, 7) is 0. The van der Waals surface area contributed by atoms with Crippen molar-refractivity contribution in [3.05, 3.63) is 28.8 Å². The lowest BCUT2D eigenvalue weighted by Gasteiger charge is -1.97. The topological polar surface area (TPSA) is 58.6 Å². The summed E-state index contributed by atoms with van der Waals surface area (Å²) in [6.07, 6.45) is 1.28. The van der Waals surface area contributed by atoms with Crippen LogP contribution in [0.2, 0.25) is 5.02 Å². The first-order valence-corrected chi connectivity index (χ1v) is 3.34. The molecular formula is C7H7ClN2O. The van der Waals surface area contributed by atoms with E-state index in [2.05, 4.69) is 5.16 Å². The van der Waals surface area contributed by atoms with Gasteiger partial charge in [0.05, 0.1) is 16.9 Å². The molecule has 0 aliphatic heterocycles. The Bertz CT molecular complexity index is 286. The predicted octanol–water partition coefficient (Wildman–Crippen LogP) is 1.73. The first-order valence-electron chi connectivity index (χ1n) is 2.96. The Hall–Kier alpha value is -1.22. The standard InChI is InChI=1S/C7H7ClN2O/c8-6-2-1-5(4-10-11)3-7(6)9/h1-4,11H,9H2/b10-4+. The van der Waals surface area contributed by atoms with Gasteiger partial charge in [0, 0.05) is 0 Å². The molecule has 0 spiro atoms. The van der Waals surface area contributed by atoms with Crippen LogP contribution in [-0.2, 0) is 0 Å². The minimum Gasteiger partial charge on any atom is -0.411 e. The van der Waals surface area contributed by atoms with Crippen molar-refractivity contribution in [2.24, 2.45) is 5.16 Å². The number of nitrogen functional groups attached to an aromatic ring is 1. The average Bonchev–Trinajstić information content (AvgIpc) is 1.98. The second kappa shape index (κ2) is 3.25. The Kier molecular flexibility index (Phi) is 2.33. The van der Waals surface area contributed by atoms with E-state index in [0.717, 1.165) is 5.56 Å². The smallest absolute Gasteiger partial charge is 0.0734 e. The third kappa shape index (κ3) is 1.85. The molecule has 11 heavy (non-hydrogen) atoms. The fourth-order valence-electron chi connectivity index (χ4n) is 0.709. The zero-order valence-corrected chi connectivity index (χ0v) is 6.42. The van der Waals surface area contributed by atoms with E-state index in [4.69, 9.17) is 22.5 Å². The van der Waals surface area contributed by atoms with Gasteiger partial charge in [-0.3, -0.25) is 0 Å². The third-order valence-corrected chi connectivity index (χ3v) is 1.57. The number of rotatable bonds is 1. The van der Waals surface area contributed by atoms with Gasteiger partial charge in [0.1, 0.15) is 0 Å². The first-order chi connectivity index (χ1) is 5.24. The number of halogens is 1. The van der Waals surface area contributed by atoms with Crippen LogP contribution in [0.4, 0.5) is 5.69 Å². The first kappa shape index (κ1) is 7.88. The molecular weight excluding hydrogens is 164 g/mol. The monoisotopic (exact) mass is 170 g/mol. The highest BCUT2D eigenvalue weighted by molar-refractivity contribution is 6.33. The molecule has 0 bridgehead atoms. The van der Waals surface area contributed by atoms with Crippen LogP contribution in [0.3, 0.4) is 0 Å². The van der Waals surface area contributed by atoms with Crippen molar-refractivity contribution in [2.75, 3.05) is 5.73 Å². The molecule has 0 aliphatic carbocycles. The van der Waals surface area contributed by atoms with Crippen molar-refractivity contribution in [3.8, 4) is 0 Å². The maximum atomic E-state index is 8.18. The number of nitrogens with zero attached hydrogens (tertiary/aromatic N) is 1. The summed E-state index contributed by atoms with van der Waals surface area (Å²) >= 11 is 5.65. The SMILES string of the molecule is Nc1cc(/C=N/O)ccc1Cl. The molecule has 3 nitrogen and oxygen atoms in total. The van der Waals surface area contributed by atoms with Gasteiger partial charge in [0.25, 0.3) is 0 Å². The molecule has 0 heterocycles. The fraction of sp³-hybridized carbons (Fsp3) is 0. The maximum Gasteiger partial charge on any atom is 0.0734 e. The molecule has 1 aromatic carbocycles. The molecule has 0 aliphatic rings. The van der Waals surface area contributed by atoms with Crippen molar-refractivity contribution in [1.82, 2.24) is 0 Å². The lowest BCUT2D eigenvalue weighted by molar-refractivity contribution is 0.322. The van der Waals surface area contributed by atoms with Crippen LogP contribution in [0.5, 0.6) is 0 Å². The van der Waals surface area contributed by atoms with Crippen LogP contribution in [0, 0.1) is 0 Å². The number of benzene rings is 1. The van der Waals surface area contributed by atoms with Gasteiger partial charge < -0.3 is 10.9 Å². The van der Waals surface area contributed by atoms with E-state index in [1.807, 2.05) is 0 Å². The highest BCUT2D eigenvalue weighted by Crippen LogP contribution is 2.18. The van der Waals surface area contributed by atoms with Gasteiger partial charge in [0.2, 0.25) is 0 Å². The van der Waals surface area contributed by atoms with Gasteiger partial charge in [-0.1, -0.05) is 22.8 Å². The number of nitrogens with two attached hydrogens (primary N) is 1. The number of hydrogen-bond donors (Lipinski definition) is 2. The Labute approximate surface area is 69.1 Å². The Morgan fingerprint density at radius 2 is 2.27 bits per heavy atom. The molecule has 58 valence electrons. The molecule has 0 unspecified atom stereocenters. The maximum absolute atomic E-state index is 8.18. The highest BCUT2D eigenvalue weighted by atomic mass is 35.5. The van der Waals surface area contributed by atoms with E-state index in [9.17, 15) is 0 Å². The molecule has 4 heteroatoms.